The number of rotatable bonds is 7. The zero-order valence-electron chi connectivity index (χ0n) is 41.3. The molecule has 326 valence electrons. The summed E-state index contributed by atoms with van der Waals surface area (Å²) < 4.78 is 33.2. The fourth-order valence-electron chi connectivity index (χ4n) is 9.79. The van der Waals surface area contributed by atoms with Gasteiger partial charge in [-0.25, -0.2) is 4.98 Å². The van der Waals surface area contributed by atoms with Crippen LogP contribution in [0.2, 0.25) is 0 Å². The van der Waals surface area contributed by atoms with Crippen LogP contribution in [0.3, 0.4) is 0 Å². The van der Waals surface area contributed by atoms with Crippen molar-refractivity contribution < 1.29 is 33.3 Å². The first-order valence-electron chi connectivity index (χ1n) is 23.2. The van der Waals surface area contributed by atoms with Gasteiger partial charge >= 0.3 is 21.1 Å². The molecule has 1 aliphatic carbocycles. The van der Waals surface area contributed by atoms with E-state index in [-0.39, 0.29) is 43.7 Å². The van der Waals surface area contributed by atoms with Gasteiger partial charge in [-0.15, -0.1) is 24.3 Å². The summed E-state index contributed by atoms with van der Waals surface area (Å²) in [7, 11) is 0. The van der Waals surface area contributed by atoms with Crippen LogP contribution in [0.4, 0.5) is 17.2 Å². The maximum Gasteiger partial charge on any atom is 2.00 e. The van der Waals surface area contributed by atoms with Crippen LogP contribution < -0.4 is 9.64 Å². The molecule has 5 aromatic carbocycles. The predicted molar refractivity (Wildman–Crippen MR) is 255 cm³/mol. The third-order valence-corrected chi connectivity index (χ3v) is 13.8. The Morgan fingerprint density at radius 2 is 1.49 bits per heavy atom. The van der Waals surface area contributed by atoms with Gasteiger partial charge in [-0.1, -0.05) is 147 Å². The molecule has 3 heterocycles. The molecule has 0 saturated heterocycles. The zero-order chi connectivity index (χ0) is 46.1. The van der Waals surface area contributed by atoms with Crippen molar-refractivity contribution in [3.63, 3.8) is 0 Å². The molecule has 0 saturated carbocycles. The van der Waals surface area contributed by atoms with Gasteiger partial charge in [0.15, 0.2) is 0 Å². The van der Waals surface area contributed by atoms with Gasteiger partial charge in [0.05, 0.1) is 5.54 Å². The zero-order valence-corrected chi connectivity index (χ0v) is 41.6. The number of aryl methyl sites for hydroxylation is 2. The second-order valence-corrected chi connectivity index (χ2v) is 20.3. The van der Waals surface area contributed by atoms with E-state index in [1.807, 2.05) is 52.1 Å². The normalized spacial score (nSPS) is 20.8. The van der Waals surface area contributed by atoms with Crippen LogP contribution in [-0.2, 0) is 48.6 Å². The Balaban J connectivity index is 0.00000576. The van der Waals surface area contributed by atoms with Gasteiger partial charge in [0.25, 0.3) is 0 Å². The van der Waals surface area contributed by atoms with Crippen LogP contribution in [0.15, 0.2) is 96.1 Å². The fraction of sp³-hybridized carbons (Fsp3) is 0.368. The summed E-state index contributed by atoms with van der Waals surface area (Å²) in [6, 6.07) is 37.3. The number of fused-ring (bicyclic) bond motifs is 5. The molecule has 0 fully saturated rings. The van der Waals surface area contributed by atoms with E-state index in [0.29, 0.717) is 28.5 Å². The first-order chi connectivity index (χ1) is 30.0. The van der Waals surface area contributed by atoms with Crippen molar-refractivity contribution in [3.8, 4) is 22.6 Å². The van der Waals surface area contributed by atoms with Crippen molar-refractivity contribution in [2.24, 2.45) is 4.99 Å². The topological polar surface area (TPSA) is 47.0 Å². The molecular weight excluding hydrogens is 954 g/mol. The molecule has 1 aromatic heterocycles. The Kier molecular flexibility index (Phi) is 10.4. The van der Waals surface area contributed by atoms with E-state index >= 15 is 0 Å². The predicted octanol–water partition coefficient (Wildman–Crippen LogP) is 14.7. The monoisotopic (exact) mass is 1020 g/mol. The largest absolute Gasteiger partial charge is 2.00 e. The number of benzene rings is 5. The number of ether oxygens (including phenoxy) is 2. The van der Waals surface area contributed by atoms with Gasteiger partial charge in [-0.05, 0) is 102 Å². The van der Waals surface area contributed by atoms with Crippen molar-refractivity contribution in [1.29, 1.82) is 0 Å². The van der Waals surface area contributed by atoms with E-state index in [9.17, 15) is 2.74 Å². The third-order valence-electron chi connectivity index (χ3n) is 13.8. The van der Waals surface area contributed by atoms with Crippen LogP contribution in [0.25, 0.3) is 11.1 Å². The molecule has 0 bridgehead atoms. The van der Waals surface area contributed by atoms with Crippen LogP contribution in [-0.4, -0.2) is 16.4 Å². The summed E-state index contributed by atoms with van der Waals surface area (Å²) in [4.78, 5) is 12.5. The summed E-state index contributed by atoms with van der Waals surface area (Å²) in [5, 5.41) is 0. The number of pyridine rings is 1. The minimum atomic E-state index is -1.79. The van der Waals surface area contributed by atoms with Crippen molar-refractivity contribution in [2.75, 3.05) is 4.90 Å². The average molecular weight is 1020 g/mol. The number of aliphatic imine (C=N–C) groups is 1. The van der Waals surface area contributed by atoms with E-state index in [1.165, 1.54) is 22.3 Å². The van der Waals surface area contributed by atoms with Crippen molar-refractivity contribution in [3.05, 3.63) is 164 Å². The second kappa shape index (κ2) is 15.6. The summed E-state index contributed by atoms with van der Waals surface area (Å²) in [6.45, 7) is 30.2. The van der Waals surface area contributed by atoms with Crippen LogP contribution in [0, 0.1) is 32.9 Å². The van der Waals surface area contributed by atoms with E-state index < -0.39 is 17.5 Å². The van der Waals surface area contributed by atoms with Crippen molar-refractivity contribution in [1.82, 2.24) is 4.98 Å². The van der Waals surface area contributed by atoms with Gasteiger partial charge in [0.2, 0.25) is 0 Å². The maximum atomic E-state index is 9.63. The Morgan fingerprint density at radius 3 is 2.17 bits per heavy atom. The van der Waals surface area contributed by atoms with Crippen LogP contribution in [0.1, 0.15) is 152 Å². The van der Waals surface area contributed by atoms with Crippen LogP contribution >= 0.6 is 0 Å². The van der Waals surface area contributed by atoms with E-state index in [4.69, 9.17) is 19.5 Å². The van der Waals surface area contributed by atoms with Gasteiger partial charge in [0, 0.05) is 49.0 Å². The molecule has 6 aromatic rings. The summed E-state index contributed by atoms with van der Waals surface area (Å²) in [6.07, 6.45) is 0.0685. The Bertz CT molecular complexity index is 2900. The van der Waals surface area contributed by atoms with Gasteiger partial charge < -0.3 is 14.4 Å². The number of anilines is 3. The number of hydrogen-bond donors (Lipinski definition) is 0. The SMILES string of the molecule is [2H]C1([2H])c2c(ccc(C)c2C)[C@]2(C)OC(c3[c-]c(Oc4[c-]c(N5c6ccc(C(C)(C)C)cc6C(C)(C)c6cccnc65)cc(C)c4)cc(-c4c(C(C)C)cccc4C(C)C)c3)=N[C@]12C.[Pt+2]. The minimum Gasteiger partial charge on any atom is -0.508 e. The Labute approximate surface area is 393 Å². The molecular formula is C57H61N3O2Pt. The smallest absolute Gasteiger partial charge is 0.508 e. The molecule has 5 nitrogen and oxygen atoms in total. The third kappa shape index (κ3) is 7.27. The molecule has 0 N–H and O–H groups in total. The maximum absolute atomic E-state index is 9.63. The van der Waals surface area contributed by atoms with Crippen molar-refractivity contribution in [2.45, 2.75) is 137 Å². The molecule has 63 heavy (non-hydrogen) atoms. The first-order valence-corrected chi connectivity index (χ1v) is 22.2. The Morgan fingerprint density at radius 1 is 0.794 bits per heavy atom. The fourth-order valence-corrected chi connectivity index (χ4v) is 9.79. The Hall–Kier alpha value is -4.99. The molecule has 0 spiro atoms. The molecule has 0 unspecified atom stereocenters. The molecule has 9 rings (SSSR count). The van der Waals surface area contributed by atoms with E-state index in [0.717, 1.165) is 56.1 Å². The minimum absolute atomic E-state index is 0. The molecule has 2 aliphatic heterocycles. The standard InChI is InChI=1S/C57H61N3O2.Pt/c1-33(2)44-17-15-18-45(34(3)4)51(44)38-27-39(53-59-56(13)32-46-37(7)36(6)20-22-47(46)57(56,14)62-53)29-43(28-38)61-42-26-35(5)25-41(31-42)60-50-23-21-40(54(8,9)10)30-49(50)55(11,12)48-19-16-24-58-52(48)60;/h15-28,30,33-34H,32H2,1-14H3;/q-2;+2/t56-,57+;/m1./s1/i32D2;. The van der Waals surface area contributed by atoms with Gasteiger partial charge in [-0.3, -0.25) is 4.99 Å². The van der Waals surface area contributed by atoms with Crippen LogP contribution in [0.5, 0.6) is 11.5 Å². The number of aromatic nitrogens is 1. The van der Waals surface area contributed by atoms with Gasteiger partial charge in [-0.2, -0.15) is 5.56 Å². The number of hydrogen-bond acceptors (Lipinski definition) is 5. The second-order valence-electron chi connectivity index (χ2n) is 20.3. The molecule has 2 atom stereocenters. The first kappa shape index (κ1) is 42.0. The van der Waals surface area contributed by atoms with Crippen molar-refractivity contribution >= 4 is 23.1 Å². The summed E-state index contributed by atoms with van der Waals surface area (Å²) in [5.74, 6) is 2.73. The molecule has 0 radical (unpaired) electrons. The number of nitrogens with zero attached hydrogens (tertiary/aromatic N) is 3. The quantitative estimate of drug-likeness (QED) is 0.150. The van der Waals surface area contributed by atoms with E-state index in [2.05, 4.69) is 153 Å². The molecule has 6 heteroatoms. The summed E-state index contributed by atoms with van der Waals surface area (Å²) >= 11 is 0. The van der Waals surface area contributed by atoms with E-state index in [1.54, 1.807) is 0 Å². The molecule has 3 aliphatic rings. The molecule has 0 amide bonds. The van der Waals surface area contributed by atoms with Gasteiger partial charge in [0.1, 0.15) is 17.3 Å². The average Bonchev–Trinajstić information content (AvgIpc) is 3.58. The summed E-state index contributed by atoms with van der Waals surface area (Å²) in [5.41, 5.74) is 12.6.